The number of carboxylic acids is 1. The van der Waals surface area contributed by atoms with E-state index in [1.165, 1.54) is 4.90 Å². The topological polar surface area (TPSA) is 99.2 Å². The second kappa shape index (κ2) is 11.4. The Morgan fingerprint density at radius 2 is 1.54 bits per heavy atom. The average Bonchev–Trinajstić information content (AvgIpc) is 3.12. The summed E-state index contributed by atoms with van der Waals surface area (Å²) in [5, 5.41) is 11.9. The summed E-state index contributed by atoms with van der Waals surface area (Å²) in [5.41, 5.74) is 4.04. The number of aliphatic carboxylic acids is 1. The van der Waals surface area contributed by atoms with Crippen molar-refractivity contribution < 1.29 is 24.2 Å². The molecule has 0 unspecified atom stereocenters. The highest BCUT2D eigenvalue weighted by atomic mass is 16.5. The van der Waals surface area contributed by atoms with Crippen molar-refractivity contribution in [3.8, 4) is 11.1 Å². The minimum absolute atomic E-state index is 0.0241. The van der Waals surface area contributed by atoms with Gasteiger partial charge in [-0.15, -0.1) is 0 Å². The number of hydrogen-bond acceptors (Lipinski definition) is 5. The van der Waals surface area contributed by atoms with Gasteiger partial charge in [0.05, 0.1) is 0 Å². The number of nitrogens with zero attached hydrogens (tertiary/aromatic N) is 2. The quantitative estimate of drug-likeness (QED) is 0.510. The van der Waals surface area contributed by atoms with Gasteiger partial charge in [0.1, 0.15) is 13.2 Å². The monoisotopic (exact) mass is 481 g/mol. The lowest BCUT2D eigenvalue weighted by Crippen LogP contribution is -2.43. The molecule has 1 aliphatic carbocycles. The molecule has 3 rings (SSSR count). The molecule has 0 spiro atoms. The summed E-state index contributed by atoms with van der Waals surface area (Å²) in [5.74, 6) is -1.33. The van der Waals surface area contributed by atoms with Gasteiger partial charge < -0.3 is 25.0 Å². The number of alkyl carbamates (subject to hydrolysis) is 1. The first-order chi connectivity index (χ1) is 16.6. The fourth-order valence-corrected chi connectivity index (χ4v) is 4.32. The lowest BCUT2D eigenvalue weighted by Gasteiger charge is -2.29. The van der Waals surface area contributed by atoms with Crippen LogP contribution in [0.25, 0.3) is 11.1 Å². The zero-order chi connectivity index (χ0) is 25.6. The maximum atomic E-state index is 12.8. The van der Waals surface area contributed by atoms with Gasteiger partial charge in [-0.1, -0.05) is 62.4 Å². The van der Waals surface area contributed by atoms with Crippen molar-refractivity contribution in [1.82, 2.24) is 15.1 Å². The van der Waals surface area contributed by atoms with Gasteiger partial charge in [-0.2, -0.15) is 0 Å². The number of nitrogens with one attached hydrogen (secondary N) is 1. The van der Waals surface area contributed by atoms with Gasteiger partial charge in [0.2, 0.25) is 5.91 Å². The van der Waals surface area contributed by atoms with Gasteiger partial charge in [-0.3, -0.25) is 9.59 Å². The second-order valence-corrected chi connectivity index (χ2v) is 10.0. The predicted octanol–water partition coefficient (Wildman–Crippen LogP) is 3.42. The first-order valence-electron chi connectivity index (χ1n) is 11.8. The first kappa shape index (κ1) is 26.2. The second-order valence-electron chi connectivity index (χ2n) is 10.0. The van der Waals surface area contributed by atoms with E-state index >= 15 is 0 Å². The maximum Gasteiger partial charge on any atom is 0.407 e. The Hall–Kier alpha value is -3.39. The Kier molecular flexibility index (Phi) is 8.51. The molecule has 2 aromatic carbocycles. The number of ether oxygens (including phenoxy) is 1. The van der Waals surface area contributed by atoms with Crippen molar-refractivity contribution >= 4 is 18.0 Å². The lowest BCUT2D eigenvalue weighted by atomic mass is 9.88. The molecule has 0 bridgehead atoms. The van der Waals surface area contributed by atoms with Crippen molar-refractivity contribution in [2.75, 3.05) is 46.9 Å². The Morgan fingerprint density at radius 1 is 0.971 bits per heavy atom. The highest BCUT2D eigenvalue weighted by molar-refractivity contribution is 5.82. The zero-order valence-electron chi connectivity index (χ0n) is 20.9. The number of hydrogen-bond donors (Lipinski definition) is 2. The van der Waals surface area contributed by atoms with Crippen LogP contribution in [0.15, 0.2) is 48.5 Å². The van der Waals surface area contributed by atoms with Gasteiger partial charge >= 0.3 is 12.1 Å². The molecule has 35 heavy (non-hydrogen) atoms. The minimum atomic E-state index is -1.05. The molecule has 2 amide bonds. The molecule has 0 aromatic heterocycles. The Morgan fingerprint density at radius 3 is 2.09 bits per heavy atom. The molecule has 0 saturated heterocycles. The van der Waals surface area contributed by atoms with Crippen LogP contribution in [-0.4, -0.2) is 79.8 Å². The molecule has 0 heterocycles. The standard InChI is InChI=1S/C27H35N3O5/c1-27(2,15-24(31)30(16-25(32)33)14-13-29(3)4)18-28-26(34)35-17-23-21-11-7-5-9-19(21)20-10-6-8-12-22(20)23/h5-12,23H,13-18H2,1-4H3,(H,28,34)(H,32,33). The molecule has 8 nitrogen and oxygen atoms in total. The molecule has 2 aromatic rings. The first-order valence-corrected chi connectivity index (χ1v) is 11.8. The number of amides is 2. The number of carbonyl (C=O) groups is 3. The molecular formula is C27H35N3O5. The number of carboxylic acid groups (broad SMARTS) is 1. The molecule has 0 aliphatic heterocycles. The Labute approximate surface area is 206 Å². The summed E-state index contributed by atoms with van der Waals surface area (Å²) in [6.07, 6.45) is -0.431. The smallest absolute Gasteiger partial charge is 0.407 e. The van der Waals surface area contributed by atoms with Crippen molar-refractivity contribution in [2.24, 2.45) is 5.41 Å². The summed E-state index contributed by atoms with van der Waals surface area (Å²) in [6.45, 7) is 4.72. The summed E-state index contributed by atoms with van der Waals surface area (Å²) in [6, 6.07) is 16.3. The van der Waals surface area contributed by atoms with Crippen LogP contribution in [0.2, 0.25) is 0 Å². The van der Waals surface area contributed by atoms with Crippen LogP contribution in [0.4, 0.5) is 4.79 Å². The van der Waals surface area contributed by atoms with Crippen LogP contribution in [0.5, 0.6) is 0 Å². The SMILES string of the molecule is CN(C)CCN(CC(=O)O)C(=O)CC(C)(C)CNC(=O)OCC1c2ccccc2-c2ccccc21. The molecule has 1 aliphatic rings. The van der Waals surface area contributed by atoms with Gasteiger partial charge in [0.15, 0.2) is 0 Å². The number of fused-ring (bicyclic) bond motifs is 3. The Bertz CT molecular complexity index is 1020. The Balaban J connectivity index is 1.53. The molecule has 8 heteroatoms. The molecule has 0 atom stereocenters. The van der Waals surface area contributed by atoms with E-state index in [-0.39, 0.29) is 37.9 Å². The molecule has 0 saturated carbocycles. The molecule has 188 valence electrons. The van der Waals surface area contributed by atoms with Gasteiger partial charge in [-0.25, -0.2) is 4.79 Å². The predicted molar refractivity (Wildman–Crippen MR) is 134 cm³/mol. The van der Waals surface area contributed by atoms with Crippen molar-refractivity contribution in [1.29, 1.82) is 0 Å². The van der Waals surface area contributed by atoms with E-state index in [1.807, 2.05) is 57.1 Å². The van der Waals surface area contributed by atoms with Crippen LogP contribution < -0.4 is 5.32 Å². The number of likely N-dealkylation sites (N-methyl/N-ethyl adjacent to an activating group) is 1. The molecular weight excluding hydrogens is 446 g/mol. The van der Waals surface area contributed by atoms with E-state index in [2.05, 4.69) is 29.6 Å². The van der Waals surface area contributed by atoms with Crippen LogP contribution in [0, 0.1) is 5.41 Å². The lowest BCUT2D eigenvalue weighted by molar-refractivity contribution is -0.145. The van der Waals surface area contributed by atoms with E-state index in [0.717, 1.165) is 22.3 Å². The fraction of sp³-hybridized carbons (Fsp3) is 0.444. The summed E-state index contributed by atoms with van der Waals surface area (Å²) in [7, 11) is 3.73. The third kappa shape index (κ3) is 7.05. The van der Waals surface area contributed by atoms with Gasteiger partial charge in [0, 0.05) is 32.0 Å². The van der Waals surface area contributed by atoms with Crippen LogP contribution in [0.1, 0.15) is 37.3 Å². The van der Waals surface area contributed by atoms with E-state index in [9.17, 15) is 14.4 Å². The van der Waals surface area contributed by atoms with E-state index < -0.39 is 17.5 Å². The fourth-order valence-electron chi connectivity index (χ4n) is 4.32. The third-order valence-corrected chi connectivity index (χ3v) is 6.18. The van der Waals surface area contributed by atoms with Crippen LogP contribution in [-0.2, 0) is 14.3 Å². The van der Waals surface area contributed by atoms with Gasteiger partial charge in [-0.05, 0) is 41.8 Å². The van der Waals surface area contributed by atoms with Gasteiger partial charge in [0.25, 0.3) is 0 Å². The summed E-state index contributed by atoms with van der Waals surface area (Å²) >= 11 is 0. The molecule has 2 N–H and O–H groups in total. The highest BCUT2D eigenvalue weighted by Crippen LogP contribution is 2.44. The van der Waals surface area contributed by atoms with E-state index in [4.69, 9.17) is 9.84 Å². The number of carbonyl (C=O) groups excluding carboxylic acids is 2. The third-order valence-electron chi connectivity index (χ3n) is 6.18. The summed E-state index contributed by atoms with van der Waals surface area (Å²) < 4.78 is 5.58. The minimum Gasteiger partial charge on any atom is -0.480 e. The average molecular weight is 482 g/mol. The van der Waals surface area contributed by atoms with Crippen LogP contribution >= 0.6 is 0 Å². The van der Waals surface area contributed by atoms with Crippen molar-refractivity contribution in [3.05, 3.63) is 59.7 Å². The van der Waals surface area contributed by atoms with Crippen molar-refractivity contribution in [2.45, 2.75) is 26.2 Å². The molecule has 0 radical (unpaired) electrons. The van der Waals surface area contributed by atoms with E-state index in [1.54, 1.807) is 0 Å². The number of rotatable bonds is 11. The highest BCUT2D eigenvalue weighted by Gasteiger charge is 2.30. The molecule has 0 fully saturated rings. The summed E-state index contributed by atoms with van der Waals surface area (Å²) in [4.78, 5) is 39.7. The zero-order valence-corrected chi connectivity index (χ0v) is 20.9. The largest absolute Gasteiger partial charge is 0.480 e. The van der Waals surface area contributed by atoms with Crippen molar-refractivity contribution in [3.63, 3.8) is 0 Å². The number of benzene rings is 2. The maximum absolute atomic E-state index is 12.8. The normalized spacial score (nSPS) is 12.7. The van der Waals surface area contributed by atoms with Crippen LogP contribution in [0.3, 0.4) is 0 Å². The van der Waals surface area contributed by atoms with E-state index in [0.29, 0.717) is 13.1 Å².